The molecule has 1 N–H and O–H groups in total. The van der Waals surface area contributed by atoms with Gasteiger partial charge in [0, 0.05) is 5.54 Å². The molecular weight excluding hydrogens is 394 g/mol. The first-order valence-corrected chi connectivity index (χ1v) is 11.3. The zero-order valence-corrected chi connectivity index (χ0v) is 18.4. The molecule has 0 spiro atoms. The van der Waals surface area contributed by atoms with Crippen LogP contribution in [0.3, 0.4) is 0 Å². The lowest BCUT2D eigenvalue weighted by atomic mass is 9.88. The molecular formula is C22H30ClNO3S. The minimum Gasteiger partial charge on any atom is -0.497 e. The van der Waals surface area contributed by atoms with Gasteiger partial charge in [0.25, 0.3) is 0 Å². The first kappa shape index (κ1) is 22.7. The smallest absolute Gasteiger partial charge is 0.180 e. The lowest BCUT2D eigenvalue weighted by molar-refractivity contribution is 0.295. The van der Waals surface area contributed by atoms with Gasteiger partial charge in [-0.25, -0.2) is 8.42 Å². The number of sulfone groups is 1. The number of fused-ring (bicyclic) bond motifs is 1. The lowest BCUT2D eigenvalue weighted by Crippen LogP contribution is -2.50. The Hall–Kier alpha value is -1.56. The molecule has 6 heteroatoms. The van der Waals surface area contributed by atoms with Gasteiger partial charge in [-0.2, -0.15) is 0 Å². The monoisotopic (exact) mass is 423 g/mol. The van der Waals surface area contributed by atoms with Crippen molar-refractivity contribution in [2.45, 2.75) is 56.0 Å². The highest BCUT2D eigenvalue weighted by Crippen LogP contribution is 2.38. The molecule has 0 aliphatic carbocycles. The summed E-state index contributed by atoms with van der Waals surface area (Å²) in [5.74, 6) is 0.932. The predicted molar refractivity (Wildman–Crippen MR) is 116 cm³/mol. The van der Waals surface area contributed by atoms with Crippen molar-refractivity contribution in [3.8, 4) is 5.75 Å². The fourth-order valence-electron chi connectivity index (χ4n) is 3.97. The molecule has 0 saturated carbocycles. The van der Waals surface area contributed by atoms with Gasteiger partial charge in [0.05, 0.1) is 23.8 Å². The molecule has 0 bridgehead atoms. The van der Waals surface area contributed by atoms with E-state index in [0.29, 0.717) is 4.90 Å². The number of rotatable bonds is 6. The van der Waals surface area contributed by atoms with Gasteiger partial charge in [-0.05, 0) is 42.2 Å². The molecule has 3 rings (SSSR count). The molecule has 0 amide bonds. The summed E-state index contributed by atoms with van der Waals surface area (Å²) in [6, 6.07) is 15.1. The molecule has 0 fully saturated rings. The van der Waals surface area contributed by atoms with E-state index in [9.17, 15) is 8.42 Å². The maximum Gasteiger partial charge on any atom is 0.180 e. The summed E-state index contributed by atoms with van der Waals surface area (Å²) in [6.07, 6.45) is 3.67. The van der Waals surface area contributed by atoms with Crippen molar-refractivity contribution in [3.63, 3.8) is 0 Å². The van der Waals surface area contributed by atoms with E-state index in [-0.39, 0.29) is 24.2 Å². The second kappa shape index (κ2) is 9.29. The van der Waals surface area contributed by atoms with Crippen molar-refractivity contribution >= 4 is 22.2 Å². The van der Waals surface area contributed by atoms with Gasteiger partial charge in [0.2, 0.25) is 0 Å². The van der Waals surface area contributed by atoms with E-state index in [2.05, 4.69) is 19.2 Å². The topological polar surface area (TPSA) is 55.4 Å². The Morgan fingerprint density at radius 1 is 1.11 bits per heavy atom. The number of halogens is 1. The summed E-state index contributed by atoms with van der Waals surface area (Å²) in [4.78, 5) is 0.449. The second-order valence-corrected chi connectivity index (χ2v) is 9.34. The Morgan fingerprint density at radius 2 is 1.79 bits per heavy atom. The van der Waals surface area contributed by atoms with Gasteiger partial charge in [-0.1, -0.05) is 57.0 Å². The van der Waals surface area contributed by atoms with Crippen molar-refractivity contribution < 1.29 is 13.2 Å². The molecule has 1 heterocycles. The molecule has 1 aliphatic rings. The number of ether oxygens (including phenoxy) is 1. The van der Waals surface area contributed by atoms with Crippen LogP contribution in [0, 0.1) is 0 Å². The Labute approximate surface area is 175 Å². The molecule has 0 saturated heterocycles. The molecule has 0 aromatic heterocycles. The molecule has 1 aliphatic heterocycles. The van der Waals surface area contributed by atoms with Gasteiger partial charge < -0.3 is 4.74 Å². The number of hydrogen-bond donors (Lipinski definition) is 1. The van der Waals surface area contributed by atoms with Crippen molar-refractivity contribution in [1.29, 1.82) is 0 Å². The van der Waals surface area contributed by atoms with Crippen LogP contribution in [-0.4, -0.2) is 26.8 Å². The summed E-state index contributed by atoms with van der Waals surface area (Å²) in [6.45, 7) is 4.23. The van der Waals surface area contributed by atoms with Crippen molar-refractivity contribution in [2.24, 2.45) is 0 Å². The zero-order chi connectivity index (χ0) is 19.5. The summed E-state index contributed by atoms with van der Waals surface area (Å²) < 4.78 is 31.8. The first-order chi connectivity index (χ1) is 12.9. The Morgan fingerprint density at radius 3 is 2.39 bits per heavy atom. The van der Waals surface area contributed by atoms with E-state index in [1.807, 2.05) is 42.5 Å². The van der Waals surface area contributed by atoms with Crippen LogP contribution in [-0.2, 0) is 9.84 Å². The Balaban J connectivity index is 0.00000280. The minimum absolute atomic E-state index is 0. The third kappa shape index (κ3) is 4.53. The van der Waals surface area contributed by atoms with Gasteiger partial charge in [0.1, 0.15) is 5.75 Å². The summed E-state index contributed by atoms with van der Waals surface area (Å²) in [5, 5.41) is 3.76. The zero-order valence-electron chi connectivity index (χ0n) is 16.8. The fourth-order valence-corrected chi connectivity index (χ4v) is 6.11. The first-order valence-electron chi connectivity index (χ1n) is 9.68. The predicted octanol–water partition coefficient (Wildman–Crippen LogP) is 4.92. The maximum absolute atomic E-state index is 13.2. The SMILES string of the molecule is CCCC[C@]1(CC)CS(=O)(=O)c2ccccc2[C@H](c2ccc(OC)cc2)N1.Cl. The lowest BCUT2D eigenvalue weighted by Gasteiger charge is -2.36. The standard InChI is InChI=1S/C22H29NO3S.ClH/c1-4-6-15-22(5-2)16-27(24,25)20-10-8-7-9-19(20)21(23-22)17-11-13-18(26-3)14-12-17;/h7-14,21,23H,4-6,15-16H2,1-3H3;1H/t21-,22+;/m0./s1. The third-order valence-corrected chi connectivity index (χ3v) is 7.59. The van der Waals surface area contributed by atoms with E-state index in [1.54, 1.807) is 13.2 Å². The average molecular weight is 424 g/mol. The second-order valence-electron chi connectivity index (χ2n) is 7.38. The van der Waals surface area contributed by atoms with Crippen LogP contribution in [0.5, 0.6) is 5.75 Å². The molecule has 0 unspecified atom stereocenters. The molecule has 154 valence electrons. The van der Waals surface area contributed by atoms with Crippen molar-refractivity contribution in [1.82, 2.24) is 5.32 Å². The van der Waals surface area contributed by atoms with Crippen LogP contribution in [0.4, 0.5) is 0 Å². The van der Waals surface area contributed by atoms with Gasteiger partial charge in [-0.15, -0.1) is 12.4 Å². The number of hydrogen-bond acceptors (Lipinski definition) is 4. The van der Waals surface area contributed by atoms with Crippen LogP contribution < -0.4 is 10.1 Å². The largest absolute Gasteiger partial charge is 0.497 e. The number of benzene rings is 2. The summed E-state index contributed by atoms with van der Waals surface area (Å²) in [5.41, 5.74) is 1.45. The molecule has 2 aromatic rings. The van der Waals surface area contributed by atoms with Gasteiger partial charge in [0.15, 0.2) is 9.84 Å². The number of nitrogens with one attached hydrogen (secondary N) is 1. The minimum atomic E-state index is -3.37. The molecule has 28 heavy (non-hydrogen) atoms. The fraction of sp³-hybridized carbons (Fsp3) is 0.455. The molecule has 2 atom stereocenters. The highest BCUT2D eigenvalue weighted by Gasteiger charge is 2.41. The highest BCUT2D eigenvalue weighted by molar-refractivity contribution is 7.91. The van der Waals surface area contributed by atoms with Crippen LogP contribution in [0.15, 0.2) is 53.4 Å². The Kier molecular flexibility index (Phi) is 7.54. The van der Waals surface area contributed by atoms with Crippen molar-refractivity contribution in [3.05, 3.63) is 59.7 Å². The van der Waals surface area contributed by atoms with E-state index in [4.69, 9.17) is 4.74 Å². The average Bonchev–Trinajstić information content (AvgIpc) is 2.79. The van der Waals surface area contributed by atoms with Crippen molar-refractivity contribution in [2.75, 3.05) is 12.9 Å². The maximum atomic E-state index is 13.2. The van der Waals surface area contributed by atoms with Gasteiger partial charge >= 0.3 is 0 Å². The van der Waals surface area contributed by atoms with Crippen LogP contribution in [0.2, 0.25) is 0 Å². The normalized spacial score (nSPS) is 23.2. The van der Waals surface area contributed by atoms with E-state index in [0.717, 1.165) is 42.6 Å². The van der Waals surface area contributed by atoms with Crippen LogP contribution >= 0.6 is 12.4 Å². The number of methoxy groups -OCH3 is 1. The van der Waals surface area contributed by atoms with Gasteiger partial charge in [-0.3, -0.25) is 5.32 Å². The molecule has 0 radical (unpaired) electrons. The quantitative estimate of drug-likeness (QED) is 0.716. The highest BCUT2D eigenvalue weighted by atomic mass is 35.5. The number of unbranched alkanes of at least 4 members (excludes halogenated alkanes) is 1. The summed E-state index contributed by atoms with van der Waals surface area (Å²) >= 11 is 0. The Bertz CT molecular complexity index is 883. The molecule has 2 aromatic carbocycles. The van der Waals surface area contributed by atoms with E-state index >= 15 is 0 Å². The van der Waals surface area contributed by atoms with E-state index < -0.39 is 15.4 Å². The van der Waals surface area contributed by atoms with Crippen LogP contribution in [0.25, 0.3) is 0 Å². The van der Waals surface area contributed by atoms with Crippen LogP contribution in [0.1, 0.15) is 56.7 Å². The van der Waals surface area contributed by atoms with E-state index in [1.165, 1.54) is 0 Å². The summed E-state index contributed by atoms with van der Waals surface area (Å²) in [7, 11) is -1.72. The molecule has 4 nitrogen and oxygen atoms in total. The third-order valence-electron chi connectivity index (χ3n) is 5.62.